The molecule has 0 unspecified atom stereocenters. The highest BCUT2D eigenvalue weighted by Crippen LogP contribution is 2.17. The van der Waals surface area contributed by atoms with E-state index >= 15 is 0 Å². The van der Waals surface area contributed by atoms with Crippen molar-refractivity contribution in [1.29, 1.82) is 0 Å². The molecule has 126 valence electrons. The molecule has 0 saturated carbocycles. The third kappa shape index (κ3) is 4.58. The summed E-state index contributed by atoms with van der Waals surface area (Å²) < 4.78 is 3.74. The van der Waals surface area contributed by atoms with E-state index in [4.69, 9.17) is 0 Å². The Bertz CT molecular complexity index is 630. The van der Waals surface area contributed by atoms with Crippen LogP contribution in [-0.4, -0.2) is 25.4 Å². The Morgan fingerprint density at radius 3 is 2.74 bits per heavy atom. The van der Waals surface area contributed by atoms with Gasteiger partial charge >= 0.3 is 6.03 Å². The van der Waals surface area contributed by atoms with Crippen molar-refractivity contribution in [2.24, 2.45) is 13.0 Å². The fourth-order valence-electron chi connectivity index (χ4n) is 2.51. The molecule has 0 aliphatic heterocycles. The third-order valence-electron chi connectivity index (χ3n) is 3.55. The van der Waals surface area contributed by atoms with Gasteiger partial charge in [0.15, 0.2) is 0 Å². The summed E-state index contributed by atoms with van der Waals surface area (Å²) in [5, 5.41) is 10.1. The van der Waals surface area contributed by atoms with Crippen LogP contribution in [0.2, 0.25) is 0 Å². The molecular weight excluding hydrogens is 292 g/mol. The molecule has 0 aromatic carbocycles. The van der Waals surface area contributed by atoms with Crippen LogP contribution in [0.3, 0.4) is 0 Å². The van der Waals surface area contributed by atoms with Crippen LogP contribution in [0.4, 0.5) is 10.6 Å². The highest BCUT2D eigenvalue weighted by atomic mass is 16.2. The number of nitrogens with one attached hydrogen (secondary N) is 2. The van der Waals surface area contributed by atoms with Crippen LogP contribution >= 0.6 is 0 Å². The number of amides is 2. The molecule has 0 saturated heterocycles. The molecule has 0 aliphatic carbocycles. The molecule has 2 rings (SSSR count). The molecule has 0 aliphatic rings. The molecule has 1 atom stereocenters. The number of aryl methyl sites for hydroxylation is 1. The maximum absolute atomic E-state index is 12.3. The van der Waals surface area contributed by atoms with Crippen molar-refractivity contribution < 1.29 is 4.79 Å². The Balaban J connectivity index is 2.02. The number of aromatic nitrogens is 4. The summed E-state index contributed by atoms with van der Waals surface area (Å²) in [6.45, 7) is 7.08. The largest absolute Gasteiger partial charge is 0.336 e. The van der Waals surface area contributed by atoms with Crippen LogP contribution in [0, 0.1) is 5.92 Å². The Labute approximate surface area is 137 Å². The first-order valence-corrected chi connectivity index (χ1v) is 8.07. The summed E-state index contributed by atoms with van der Waals surface area (Å²) in [7, 11) is 1.93. The second-order valence-corrected chi connectivity index (χ2v) is 6.13. The van der Waals surface area contributed by atoms with E-state index in [9.17, 15) is 4.79 Å². The molecular formula is C16H26N6O. The van der Waals surface area contributed by atoms with Gasteiger partial charge < -0.3 is 9.88 Å². The van der Waals surface area contributed by atoms with E-state index in [0.717, 1.165) is 25.2 Å². The molecule has 0 fully saturated rings. The first-order valence-electron chi connectivity index (χ1n) is 8.07. The number of rotatable bonds is 7. The molecule has 7 heteroatoms. The first kappa shape index (κ1) is 17.1. The van der Waals surface area contributed by atoms with Gasteiger partial charge in [0.25, 0.3) is 0 Å². The van der Waals surface area contributed by atoms with Gasteiger partial charge in [0.05, 0.1) is 12.2 Å². The molecule has 2 N–H and O–H groups in total. The highest BCUT2D eigenvalue weighted by molar-refractivity contribution is 5.88. The monoisotopic (exact) mass is 318 g/mol. The van der Waals surface area contributed by atoms with Gasteiger partial charge in [0.2, 0.25) is 0 Å². The predicted octanol–water partition coefficient (Wildman–Crippen LogP) is 2.94. The summed E-state index contributed by atoms with van der Waals surface area (Å²) in [5.74, 6) is 2.02. The van der Waals surface area contributed by atoms with Crippen LogP contribution in [0.5, 0.6) is 0 Å². The number of hydrogen-bond donors (Lipinski definition) is 2. The van der Waals surface area contributed by atoms with E-state index in [1.807, 2.05) is 17.8 Å². The maximum atomic E-state index is 12.3. The molecule has 2 heterocycles. The minimum Gasteiger partial charge on any atom is -0.336 e. The standard InChI is InChI=1S/C16H26N6O/c1-5-6-13(15-17-9-10-21(15)4)19-16(23)20-14-7-8-18-22(14)11-12(2)3/h7-10,12-13H,5-6,11H2,1-4H3,(H2,19,20,23)/t13-/m1/s1. The molecule has 0 spiro atoms. The number of carbonyl (C=O) groups excluding carboxylic acids is 1. The molecule has 2 amide bonds. The van der Waals surface area contributed by atoms with E-state index in [-0.39, 0.29) is 12.1 Å². The Morgan fingerprint density at radius 2 is 2.13 bits per heavy atom. The molecule has 0 radical (unpaired) electrons. The number of imidazole rings is 1. The van der Waals surface area contributed by atoms with E-state index in [1.165, 1.54) is 0 Å². The predicted molar refractivity (Wildman–Crippen MR) is 90.1 cm³/mol. The summed E-state index contributed by atoms with van der Waals surface area (Å²) in [6, 6.07) is 1.45. The molecule has 0 bridgehead atoms. The fraction of sp³-hybridized carbons (Fsp3) is 0.562. The molecule has 23 heavy (non-hydrogen) atoms. The quantitative estimate of drug-likeness (QED) is 0.824. The van der Waals surface area contributed by atoms with Crippen molar-refractivity contribution in [1.82, 2.24) is 24.6 Å². The van der Waals surface area contributed by atoms with E-state index in [0.29, 0.717) is 11.7 Å². The topological polar surface area (TPSA) is 76.8 Å². The summed E-state index contributed by atoms with van der Waals surface area (Å²) in [6.07, 6.45) is 7.12. The second-order valence-electron chi connectivity index (χ2n) is 6.13. The lowest BCUT2D eigenvalue weighted by atomic mass is 10.1. The van der Waals surface area contributed by atoms with E-state index < -0.39 is 0 Å². The van der Waals surface area contributed by atoms with Crippen LogP contribution < -0.4 is 10.6 Å². The van der Waals surface area contributed by atoms with Gasteiger partial charge in [0, 0.05) is 32.1 Å². The molecule has 2 aromatic rings. The van der Waals surface area contributed by atoms with Crippen LogP contribution in [0.25, 0.3) is 0 Å². The average Bonchev–Trinajstić information content (AvgIpc) is 3.07. The van der Waals surface area contributed by atoms with Crippen molar-refractivity contribution in [3.05, 3.63) is 30.5 Å². The van der Waals surface area contributed by atoms with Gasteiger partial charge in [-0.25, -0.2) is 14.5 Å². The first-order chi connectivity index (χ1) is 11.0. The lowest BCUT2D eigenvalue weighted by Crippen LogP contribution is -2.34. The Morgan fingerprint density at radius 1 is 1.35 bits per heavy atom. The van der Waals surface area contributed by atoms with Gasteiger partial charge in [-0.2, -0.15) is 5.10 Å². The van der Waals surface area contributed by atoms with Gasteiger partial charge in [-0.1, -0.05) is 27.2 Å². The zero-order chi connectivity index (χ0) is 16.8. The smallest absolute Gasteiger partial charge is 0.320 e. The summed E-state index contributed by atoms with van der Waals surface area (Å²) in [4.78, 5) is 16.7. The second kappa shape index (κ2) is 7.80. The number of urea groups is 1. The minimum atomic E-state index is -0.239. The Kier molecular flexibility index (Phi) is 5.78. The summed E-state index contributed by atoms with van der Waals surface area (Å²) in [5.41, 5.74) is 0. The van der Waals surface area contributed by atoms with Crippen molar-refractivity contribution in [3.8, 4) is 0 Å². The van der Waals surface area contributed by atoms with Gasteiger partial charge in [-0.3, -0.25) is 5.32 Å². The minimum absolute atomic E-state index is 0.110. The van der Waals surface area contributed by atoms with Gasteiger partial charge in [0.1, 0.15) is 11.6 Å². The third-order valence-corrected chi connectivity index (χ3v) is 3.55. The van der Waals surface area contributed by atoms with E-state index in [1.54, 1.807) is 23.1 Å². The SMILES string of the molecule is CCC[C@@H](NC(=O)Nc1ccnn1CC(C)C)c1nccn1C. The average molecular weight is 318 g/mol. The van der Waals surface area contributed by atoms with Crippen molar-refractivity contribution >= 4 is 11.8 Å². The summed E-state index contributed by atoms with van der Waals surface area (Å²) >= 11 is 0. The van der Waals surface area contributed by atoms with Gasteiger partial charge in [-0.05, 0) is 12.3 Å². The van der Waals surface area contributed by atoms with Crippen LogP contribution in [-0.2, 0) is 13.6 Å². The van der Waals surface area contributed by atoms with Crippen molar-refractivity contribution in [2.75, 3.05) is 5.32 Å². The lowest BCUT2D eigenvalue weighted by Gasteiger charge is -2.19. The normalized spacial score (nSPS) is 12.4. The highest BCUT2D eigenvalue weighted by Gasteiger charge is 2.18. The van der Waals surface area contributed by atoms with E-state index in [2.05, 4.69) is 41.5 Å². The number of carbonyl (C=O) groups is 1. The van der Waals surface area contributed by atoms with Crippen molar-refractivity contribution in [3.63, 3.8) is 0 Å². The van der Waals surface area contributed by atoms with Gasteiger partial charge in [-0.15, -0.1) is 0 Å². The zero-order valence-corrected chi connectivity index (χ0v) is 14.3. The maximum Gasteiger partial charge on any atom is 0.320 e. The number of anilines is 1. The fourth-order valence-corrected chi connectivity index (χ4v) is 2.51. The van der Waals surface area contributed by atoms with Crippen LogP contribution in [0.1, 0.15) is 45.5 Å². The lowest BCUT2D eigenvalue weighted by molar-refractivity contribution is 0.246. The van der Waals surface area contributed by atoms with Crippen molar-refractivity contribution in [2.45, 2.75) is 46.2 Å². The molecule has 2 aromatic heterocycles. The zero-order valence-electron chi connectivity index (χ0n) is 14.3. The molecule has 7 nitrogen and oxygen atoms in total. The Hall–Kier alpha value is -2.31. The van der Waals surface area contributed by atoms with Crippen LogP contribution in [0.15, 0.2) is 24.7 Å². The number of hydrogen-bond acceptors (Lipinski definition) is 3. The number of nitrogens with zero attached hydrogens (tertiary/aromatic N) is 4.